The molecule has 1 rings (SSSR count). The van der Waals surface area contributed by atoms with Crippen molar-refractivity contribution in [2.45, 2.75) is 44.8 Å². The molecule has 1 saturated heterocycles. The second-order valence-electron chi connectivity index (χ2n) is 4.43. The van der Waals surface area contributed by atoms with E-state index < -0.39 is 23.5 Å². The molecule has 1 N–H and O–H groups in total. The third kappa shape index (κ3) is 2.64. The molecule has 3 nitrogen and oxygen atoms in total. The minimum atomic E-state index is -2.98. The summed E-state index contributed by atoms with van der Waals surface area (Å²) in [5, 5.41) is 2.44. The van der Waals surface area contributed by atoms with Gasteiger partial charge in [-0.1, -0.05) is 0 Å². The number of alkyl halides is 2. The van der Waals surface area contributed by atoms with Crippen LogP contribution in [0.5, 0.6) is 0 Å². The standard InChI is InChI=1S/C9H15F2NO2/c1-8(2,3)14-7(13)6-9(10,11)4-5-12-6/h6,12H,4-5H2,1-3H3. The molecule has 1 aliphatic rings. The Kier molecular flexibility index (Phi) is 2.81. The molecule has 0 bridgehead atoms. The first-order chi connectivity index (χ1) is 6.22. The molecule has 1 unspecified atom stereocenters. The first kappa shape index (κ1) is 11.4. The van der Waals surface area contributed by atoms with Gasteiger partial charge in [0.2, 0.25) is 0 Å². The number of rotatable bonds is 1. The molecule has 0 spiro atoms. The third-order valence-corrected chi connectivity index (χ3v) is 1.87. The van der Waals surface area contributed by atoms with E-state index in [1.54, 1.807) is 20.8 Å². The molecule has 0 amide bonds. The summed E-state index contributed by atoms with van der Waals surface area (Å²) in [6, 6.07) is -1.48. The average Bonchev–Trinajstić information content (AvgIpc) is 2.25. The number of carbonyl (C=O) groups excluding carboxylic acids is 1. The molecule has 0 aromatic carbocycles. The Morgan fingerprint density at radius 2 is 2.07 bits per heavy atom. The zero-order valence-corrected chi connectivity index (χ0v) is 8.56. The predicted molar refractivity (Wildman–Crippen MR) is 47.2 cm³/mol. The van der Waals surface area contributed by atoms with Crippen LogP contribution in [0.15, 0.2) is 0 Å². The molecule has 1 atom stereocenters. The van der Waals surface area contributed by atoms with Crippen molar-refractivity contribution in [1.29, 1.82) is 0 Å². The smallest absolute Gasteiger partial charge is 0.329 e. The van der Waals surface area contributed by atoms with E-state index in [1.165, 1.54) is 0 Å². The van der Waals surface area contributed by atoms with Crippen LogP contribution in [0, 0.1) is 0 Å². The van der Waals surface area contributed by atoms with Gasteiger partial charge in [-0.25, -0.2) is 8.78 Å². The van der Waals surface area contributed by atoms with Crippen LogP contribution in [-0.4, -0.2) is 30.1 Å². The third-order valence-electron chi connectivity index (χ3n) is 1.87. The molecule has 82 valence electrons. The van der Waals surface area contributed by atoms with E-state index >= 15 is 0 Å². The number of hydrogen-bond donors (Lipinski definition) is 1. The number of esters is 1. The van der Waals surface area contributed by atoms with Crippen LogP contribution in [0.2, 0.25) is 0 Å². The molecule has 0 saturated carbocycles. The van der Waals surface area contributed by atoms with E-state index in [4.69, 9.17) is 4.74 Å². The number of nitrogens with one attached hydrogen (secondary N) is 1. The van der Waals surface area contributed by atoms with Crippen LogP contribution in [0.3, 0.4) is 0 Å². The van der Waals surface area contributed by atoms with Crippen molar-refractivity contribution in [3.05, 3.63) is 0 Å². The van der Waals surface area contributed by atoms with E-state index in [0.29, 0.717) is 0 Å². The average molecular weight is 207 g/mol. The monoisotopic (exact) mass is 207 g/mol. The fourth-order valence-electron chi connectivity index (χ4n) is 1.29. The van der Waals surface area contributed by atoms with E-state index in [0.717, 1.165) is 0 Å². The summed E-state index contributed by atoms with van der Waals surface area (Å²) >= 11 is 0. The van der Waals surface area contributed by atoms with Gasteiger partial charge in [0.1, 0.15) is 5.60 Å². The van der Waals surface area contributed by atoms with Crippen LogP contribution in [0.1, 0.15) is 27.2 Å². The zero-order chi connectivity index (χ0) is 11.0. The Labute approximate surface area is 81.8 Å². The summed E-state index contributed by atoms with van der Waals surface area (Å²) in [5.41, 5.74) is -0.725. The minimum Gasteiger partial charge on any atom is -0.459 e. The van der Waals surface area contributed by atoms with E-state index in [1.807, 2.05) is 0 Å². The normalized spacial score (nSPS) is 26.2. The highest BCUT2D eigenvalue weighted by atomic mass is 19.3. The van der Waals surface area contributed by atoms with Crippen molar-refractivity contribution < 1.29 is 18.3 Å². The highest BCUT2D eigenvalue weighted by Crippen LogP contribution is 2.29. The zero-order valence-electron chi connectivity index (χ0n) is 8.56. The van der Waals surface area contributed by atoms with Gasteiger partial charge in [-0.3, -0.25) is 10.1 Å². The molecule has 1 aliphatic heterocycles. The summed E-state index contributed by atoms with van der Waals surface area (Å²) in [6.45, 7) is 5.10. The van der Waals surface area contributed by atoms with Crippen molar-refractivity contribution >= 4 is 5.97 Å². The van der Waals surface area contributed by atoms with Crippen molar-refractivity contribution in [2.24, 2.45) is 0 Å². The second kappa shape index (κ2) is 3.46. The molecule has 1 fully saturated rings. The Bertz CT molecular complexity index is 235. The highest BCUT2D eigenvalue weighted by Gasteiger charge is 2.49. The van der Waals surface area contributed by atoms with Gasteiger partial charge in [-0.05, 0) is 20.8 Å². The quantitative estimate of drug-likeness (QED) is 0.659. The molecule has 0 aromatic heterocycles. The van der Waals surface area contributed by atoms with Gasteiger partial charge in [-0.15, -0.1) is 0 Å². The Morgan fingerprint density at radius 1 is 1.50 bits per heavy atom. The Balaban J connectivity index is 2.62. The van der Waals surface area contributed by atoms with E-state index in [9.17, 15) is 13.6 Å². The van der Waals surface area contributed by atoms with Crippen LogP contribution in [0.25, 0.3) is 0 Å². The van der Waals surface area contributed by atoms with Gasteiger partial charge in [0.15, 0.2) is 6.04 Å². The summed E-state index contributed by atoms with van der Waals surface area (Å²) in [5.74, 6) is -3.86. The molecule has 0 aromatic rings. The highest BCUT2D eigenvalue weighted by molar-refractivity contribution is 5.78. The van der Waals surface area contributed by atoms with Gasteiger partial charge in [0.05, 0.1) is 0 Å². The maximum atomic E-state index is 13.1. The molecule has 1 heterocycles. The van der Waals surface area contributed by atoms with Crippen LogP contribution in [0.4, 0.5) is 8.78 Å². The maximum Gasteiger partial charge on any atom is 0.329 e. The summed E-state index contributed by atoms with van der Waals surface area (Å²) in [7, 11) is 0. The van der Waals surface area contributed by atoms with Crippen LogP contribution < -0.4 is 5.32 Å². The lowest BCUT2D eigenvalue weighted by atomic mass is 10.1. The van der Waals surface area contributed by atoms with E-state index in [2.05, 4.69) is 5.32 Å². The fraction of sp³-hybridized carbons (Fsp3) is 0.889. The number of carbonyl (C=O) groups is 1. The van der Waals surface area contributed by atoms with Gasteiger partial charge in [-0.2, -0.15) is 0 Å². The molecule has 14 heavy (non-hydrogen) atoms. The first-order valence-electron chi connectivity index (χ1n) is 4.56. The minimum absolute atomic E-state index is 0.150. The van der Waals surface area contributed by atoms with Gasteiger partial charge in [0, 0.05) is 13.0 Å². The molecular weight excluding hydrogens is 192 g/mol. The molecular formula is C9H15F2NO2. The lowest BCUT2D eigenvalue weighted by Gasteiger charge is -2.24. The maximum absolute atomic E-state index is 13.1. The summed E-state index contributed by atoms with van der Waals surface area (Å²) < 4.78 is 31.0. The Morgan fingerprint density at radius 3 is 2.43 bits per heavy atom. The largest absolute Gasteiger partial charge is 0.459 e. The lowest BCUT2D eigenvalue weighted by Crippen LogP contribution is -2.46. The van der Waals surface area contributed by atoms with Gasteiger partial charge < -0.3 is 4.74 Å². The van der Waals surface area contributed by atoms with Crippen molar-refractivity contribution in [3.8, 4) is 0 Å². The van der Waals surface area contributed by atoms with Crippen molar-refractivity contribution in [2.75, 3.05) is 6.54 Å². The van der Waals surface area contributed by atoms with Crippen LogP contribution >= 0.6 is 0 Å². The van der Waals surface area contributed by atoms with Gasteiger partial charge in [0.25, 0.3) is 5.92 Å². The van der Waals surface area contributed by atoms with Gasteiger partial charge >= 0.3 is 5.97 Å². The Hall–Kier alpha value is -0.710. The molecule has 0 aliphatic carbocycles. The van der Waals surface area contributed by atoms with Crippen molar-refractivity contribution in [3.63, 3.8) is 0 Å². The molecule has 5 heteroatoms. The first-order valence-corrected chi connectivity index (χ1v) is 4.56. The number of halogens is 2. The number of ether oxygens (including phenoxy) is 1. The van der Waals surface area contributed by atoms with E-state index in [-0.39, 0.29) is 13.0 Å². The SMILES string of the molecule is CC(C)(C)OC(=O)C1NCCC1(F)F. The number of hydrogen-bond acceptors (Lipinski definition) is 3. The topological polar surface area (TPSA) is 38.3 Å². The van der Waals surface area contributed by atoms with Crippen LogP contribution in [-0.2, 0) is 9.53 Å². The fourth-order valence-corrected chi connectivity index (χ4v) is 1.29. The summed E-state index contributed by atoms with van der Waals surface area (Å²) in [4.78, 5) is 11.3. The molecule has 0 radical (unpaired) electrons. The summed E-state index contributed by atoms with van der Waals surface area (Å²) in [6.07, 6.45) is -0.309. The lowest BCUT2D eigenvalue weighted by molar-refractivity contribution is -0.165. The van der Waals surface area contributed by atoms with Crippen molar-refractivity contribution in [1.82, 2.24) is 5.32 Å². The predicted octanol–water partition coefficient (Wildman–Crippen LogP) is 1.33. The second-order valence-corrected chi connectivity index (χ2v) is 4.43.